The highest BCUT2D eigenvalue weighted by molar-refractivity contribution is 7.90. The highest BCUT2D eigenvalue weighted by Gasteiger charge is 2.19. The minimum absolute atomic E-state index is 0.250. The van der Waals surface area contributed by atoms with E-state index in [1.165, 1.54) is 6.26 Å². The van der Waals surface area contributed by atoms with Crippen LogP contribution in [-0.4, -0.2) is 31.8 Å². The van der Waals surface area contributed by atoms with Crippen LogP contribution in [-0.2, 0) is 14.6 Å². The van der Waals surface area contributed by atoms with Crippen LogP contribution in [0.2, 0.25) is 0 Å². The Balaban J connectivity index is 2.15. The zero-order valence-electron chi connectivity index (χ0n) is 14.5. The van der Waals surface area contributed by atoms with E-state index in [-0.39, 0.29) is 4.90 Å². The average molecular weight is 369 g/mol. The maximum atomic E-state index is 12.4. The molecule has 3 rings (SSSR count). The van der Waals surface area contributed by atoms with Crippen molar-refractivity contribution in [2.45, 2.75) is 11.8 Å². The zero-order chi connectivity index (χ0) is 18.7. The Labute approximate surface area is 152 Å². The number of hydrogen-bond donors (Lipinski definition) is 0. The first-order chi connectivity index (χ1) is 12.4. The van der Waals surface area contributed by atoms with E-state index in [4.69, 9.17) is 4.74 Å². The number of nitrogens with zero attached hydrogens (tertiary/aromatic N) is 1. The summed E-state index contributed by atoms with van der Waals surface area (Å²) in [6.45, 7) is 2.06. The second-order valence-electron chi connectivity index (χ2n) is 5.80. The predicted molar refractivity (Wildman–Crippen MR) is 100 cm³/mol. The molecule has 3 aromatic rings. The van der Waals surface area contributed by atoms with Gasteiger partial charge < -0.3 is 9.30 Å². The molecule has 0 fully saturated rings. The Bertz CT molecular complexity index is 1020. The first-order valence-electron chi connectivity index (χ1n) is 8.16. The molecule has 0 saturated carbocycles. The van der Waals surface area contributed by atoms with Crippen LogP contribution < -0.4 is 0 Å². The molecule has 0 aliphatic rings. The molecular formula is C20H19NO4S. The van der Waals surface area contributed by atoms with Gasteiger partial charge in [0.2, 0.25) is 0 Å². The van der Waals surface area contributed by atoms with E-state index in [0.717, 1.165) is 11.3 Å². The summed E-state index contributed by atoms with van der Waals surface area (Å²) >= 11 is 0. The fourth-order valence-corrected chi connectivity index (χ4v) is 3.40. The monoisotopic (exact) mass is 369 g/mol. The topological polar surface area (TPSA) is 65.4 Å². The van der Waals surface area contributed by atoms with Crippen LogP contribution in [0.3, 0.4) is 0 Å². The van der Waals surface area contributed by atoms with Crippen LogP contribution in [0.25, 0.3) is 16.9 Å². The van der Waals surface area contributed by atoms with Crippen molar-refractivity contribution in [2.24, 2.45) is 0 Å². The quantitative estimate of drug-likeness (QED) is 0.643. The maximum Gasteiger partial charge on any atom is 0.340 e. The minimum atomic E-state index is -3.26. The van der Waals surface area contributed by atoms with Gasteiger partial charge in [0.25, 0.3) is 0 Å². The standard InChI is InChI=1S/C20H19NO4S/c1-3-25-20(22)18-13-14-21(19(18)15-7-5-4-6-8-15)16-9-11-17(12-10-16)26(2,23)24/h4-14H,3H2,1-2H3. The zero-order valence-corrected chi connectivity index (χ0v) is 15.4. The summed E-state index contributed by atoms with van der Waals surface area (Å²) in [6.07, 6.45) is 2.95. The van der Waals surface area contributed by atoms with Crippen molar-refractivity contribution >= 4 is 15.8 Å². The SMILES string of the molecule is CCOC(=O)c1ccn(-c2ccc(S(C)(=O)=O)cc2)c1-c1ccccc1. The fraction of sp³-hybridized carbons (Fsp3) is 0.150. The molecular weight excluding hydrogens is 350 g/mol. The highest BCUT2D eigenvalue weighted by atomic mass is 32.2. The molecule has 2 aromatic carbocycles. The second-order valence-corrected chi connectivity index (χ2v) is 7.82. The van der Waals surface area contributed by atoms with Crippen molar-refractivity contribution in [1.82, 2.24) is 4.57 Å². The van der Waals surface area contributed by atoms with Gasteiger partial charge in [0, 0.05) is 18.1 Å². The Morgan fingerprint density at radius 2 is 1.65 bits per heavy atom. The molecule has 0 unspecified atom stereocenters. The Morgan fingerprint density at radius 3 is 2.23 bits per heavy atom. The first-order valence-corrected chi connectivity index (χ1v) is 10.1. The lowest BCUT2D eigenvalue weighted by Gasteiger charge is -2.12. The summed E-state index contributed by atoms with van der Waals surface area (Å²) in [5, 5.41) is 0. The highest BCUT2D eigenvalue weighted by Crippen LogP contribution is 2.29. The van der Waals surface area contributed by atoms with Gasteiger partial charge in [0.1, 0.15) is 0 Å². The van der Waals surface area contributed by atoms with Crippen LogP contribution in [0.5, 0.6) is 0 Å². The first kappa shape index (κ1) is 17.9. The van der Waals surface area contributed by atoms with Crippen LogP contribution in [0.4, 0.5) is 0 Å². The molecule has 134 valence electrons. The Morgan fingerprint density at radius 1 is 1.00 bits per heavy atom. The van der Waals surface area contributed by atoms with Gasteiger partial charge >= 0.3 is 5.97 Å². The summed E-state index contributed by atoms with van der Waals surface area (Å²) in [5.74, 6) is -0.391. The molecule has 0 bridgehead atoms. The molecule has 0 saturated heterocycles. The van der Waals surface area contributed by atoms with E-state index in [0.29, 0.717) is 17.9 Å². The van der Waals surface area contributed by atoms with E-state index < -0.39 is 15.8 Å². The van der Waals surface area contributed by atoms with E-state index in [1.807, 2.05) is 34.9 Å². The van der Waals surface area contributed by atoms with Crippen LogP contribution in [0.15, 0.2) is 71.8 Å². The summed E-state index contributed by atoms with van der Waals surface area (Å²) in [5.41, 5.74) is 2.79. The summed E-state index contributed by atoms with van der Waals surface area (Å²) in [6, 6.07) is 17.8. The van der Waals surface area contributed by atoms with Gasteiger partial charge in [-0.3, -0.25) is 0 Å². The van der Waals surface area contributed by atoms with E-state index in [9.17, 15) is 13.2 Å². The molecule has 0 aliphatic carbocycles. The number of benzene rings is 2. The van der Waals surface area contributed by atoms with Crippen molar-refractivity contribution in [1.29, 1.82) is 0 Å². The van der Waals surface area contributed by atoms with Crippen molar-refractivity contribution in [2.75, 3.05) is 12.9 Å². The smallest absolute Gasteiger partial charge is 0.340 e. The van der Waals surface area contributed by atoms with Gasteiger partial charge in [-0.15, -0.1) is 0 Å². The lowest BCUT2D eigenvalue weighted by Crippen LogP contribution is -2.07. The molecule has 6 heteroatoms. The molecule has 0 amide bonds. The molecule has 5 nitrogen and oxygen atoms in total. The van der Waals surface area contributed by atoms with Gasteiger partial charge in [-0.2, -0.15) is 0 Å². The van der Waals surface area contributed by atoms with Crippen LogP contribution in [0.1, 0.15) is 17.3 Å². The van der Waals surface area contributed by atoms with E-state index in [2.05, 4.69) is 0 Å². The van der Waals surface area contributed by atoms with Crippen molar-refractivity contribution < 1.29 is 17.9 Å². The van der Waals surface area contributed by atoms with Gasteiger partial charge in [0.05, 0.1) is 22.8 Å². The minimum Gasteiger partial charge on any atom is -0.462 e. The number of carbonyl (C=O) groups is 1. The lowest BCUT2D eigenvalue weighted by molar-refractivity contribution is 0.0527. The van der Waals surface area contributed by atoms with Gasteiger partial charge in [-0.05, 0) is 42.8 Å². The van der Waals surface area contributed by atoms with E-state index >= 15 is 0 Å². The normalized spacial score (nSPS) is 11.3. The Kier molecular flexibility index (Phi) is 4.95. The number of rotatable bonds is 5. The molecule has 0 spiro atoms. The summed E-state index contributed by atoms with van der Waals surface area (Å²) in [4.78, 5) is 12.6. The van der Waals surface area contributed by atoms with Gasteiger partial charge in [-0.25, -0.2) is 13.2 Å². The molecule has 0 aliphatic heterocycles. The third-order valence-corrected chi connectivity index (χ3v) is 5.10. The average Bonchev–Trinajstić information content (AvgIpc) is 3.07. The van der Waals surface area contributed by atoms with Gasteiger partial charge in [0.15, 0.2) is 9.84 Å². The second kappa shape index (κ2) is 7.17. The maximum absolute atomic E-state index is 12.4. The number of esters is 1. The number of sulfone groups is 1. The van der Waals surface area contributed by atoms with Crippen molar-refractivity contribution in [3.8, 4) is 16.9 Å². The number of ether oxygens (including phenoxy) is 1. The molecule has 1 heterocycles. The summed E-state index contributed by atoms with van der Waals surface area (Å²) in [7, 11) is -3.26. The predicted octanol–water partition coefficient (Wildman–Crippen LogP) is 3.72. The number of hydrogen-bond acceptors (Lipinski definition) is 4. The number of aromatic nitrogens is 1. The fourth-order valence-electron chi connectivity index (χ4n) is 2.77. The Hall–Kier alpha value is -2.86. The molecule has 0 atom stereocenters. The molecule has 26 heavy (non-hydrogen) atoms. The third-order valence-electron chi connectivity index (χ3n) is 3.97. The van der Waals surface area contributed by atoms with Crippen LogP contribution in [0, 0.1) is 0 Å². The van der Waals surface area contributed by atoms with E-state index in [1.54, 1.807) is 43.5 Å². The third kappa shape index (κ3) is 3.55. The van der Waals surface area contributed by atoms with Crippen molar-refractivity contribution in [3.05, 3.63) is 72.4 Å². The largest absolute Gasteiger partial charge is 0.462 e. The van der Waals surface area contributed by atoms with Crippen LogP contribution >= 0.6 is 0 Å². The molecule has 1 aromatic heterocycles. The van der Waals surface area contributed by atoms with Crippen molar-refractivity contribution in [3.63, 3.8) is 0 Å². The molecule has 0 radical (unpaired) electrons. The lowest BCUT2D eigenvalue weighted by atomic mass is 10.1. The number of carbonyl (C=O) groups excluding carboxylic acids is 1. The summed E-state index contributed by atoms with van der Waals surface area (Å²) < 4.78 is 30.4. The molecule has 0 N–H and O–H groups in total. The van der Waals surface area contributed by atoms with Gasteiger partial charge in [-0.1, -0.05) is 30.3 Å².